The summed E-state index contributed by atoms with van der Waals surface area (Å²) in [6.45, 7) is 6.76. The van der Waals surface area contributed by atoms with Crippen LogP contribution in [-0.2, 0) is 25.1 Å². The molecule has 0 bridgehead atoms. The highest BCUT2D eigenvalue weighted by Crippen LogP contribution is 2.70. The Labute approximate surface area is 176 Å². The molecule has 5 rings (SSSR count). The van der Waals surface area contributed by atoms with Crippen molar-refractivity contribution in [2.75, 3.05) is 5.75 Å². The van der Waals surface area contributed by atoms with Gasteiger partial charge in [0.25, 0.3) is 0 Å². The highest BCUT2D eigenvalue weighted by atomic mass is 32.2. The maximum Gasteiger partial charge on any atom is 0.306 e. The zero-order valence-electron chi connectivity index (χ0n) is 18.1. The third kappa shape index (κ3) is 2.58. The number of fused-ring (bicyclic) bond motifs is 6. The van der Waals surface area contributed by atoms with Crippen LogP contribution >= 0.6 is 0 Å². The second-order valence-corrected chi connectivity index (χ2v) is 12.5. The number of allylic oxidation sites excluding steroid dienone is 2. The van der Waals surface area contributed by atoms with Crippen LogP contribution < -0.4 is 0 Å². The molecule has 29 heavy (non-hydrogen) atoms. The maximum atomic E-state index is 13.2. The van der Waals surface area contributed by atoms with Gasteiger partial charge in [0, 0.05) is 46.1 Å². The molecular formula is C24H34O4S. The first-order chi connectivity index (χ1) is 13.7. The van der Waals surface area contributed by atoms with Crippen molar-refractivity contribution in [3.05, 3.63) is 10.5 Å². The summed E-state index contributed by atoms with van der Waals surface area (Å²) in [6.07, 6.45) is 8.68. The van der Waals surface area contributed by atoms with Gasteiger partial charge >= 0.3 is 5.97 Å². The van der Waals surface area contributed by atoms with Crippen LogP contribution in [0.15, 0.2) is 10.5 Å². The Morgan fingerprint density at radius 2 is 1.76 bits per heavy atom. The number of carbonyl (C=O) groups is 2. The largest absolute Gasteiger partial charge is 0.458 e. The molecule has 0 aromatic heterocycles. The van der Waals surface area contributed by atoms with Gasteiger partial charge in [-0.15, -0.1) is 0 Å². The van der Waals surface area contributed by atoms with Crippen molar-refractivity contribution < 1.29 is 18.5 Å². The van der Waals surface area contributed by atoms with E-state index < -0.39 is 10.8 Å². The first-order valence-electron chi connectivity index (χ1n) is 11.6. The molecule has 4 aliphatic carbocycles. The van der Waals surface area contributed by atoms with E-state index in [9.17, 15) is 13.8 Å². The van der Waals surface area contributed by atoms with Crippen molar-refractivity contribution in [2.24, 2.45) is 28.6 Å². The molecule has 0 N–H and O–H groups in total. The topological polar surface area (TPSA) is 60.4 Å². The van der Waals surface area contributed by atoms with Crippen LogP contribution in [-0.4, -0.2) is 27.3 Å². The highest BCUT2D eigenvalue weighted by molar-refractivity contribution is 7.88. The maximum absolute atomic E-state index is 13.2. The molecule has 1 aliphatic heterocycles. The molecule has 0 aromatic carbocycles. The summed E-state index contributed by atoms with van der Waals surface area (Å²) in [6, 6.07) is 0. The van der Waals surface area contributed by atoms with Gasteiger partial charge in [-0.2, -0.15) is 0 Å². The summed E-state index contributed by atoms with van der Waals surface area (Å²) in [7, 11) is -0.964. The molecular weight excluding hydrogens is 384 g/mol. The summed E-state index contributed by atoms with van der Waals surface area (Å²) >= 11 is 0. The lowest BCUT2D eigenvalue weighted by atomic mass is 9.47. The highest BCUT2D eigenvalue weighted by Gasteiger charge is 2.66. The molecule has 0 aromatic rings. The van der Waals surface area contributed by atoms with E-state index in [1.807, 2.05) is 6.92 Å². The van der Waals surface area contributed by atoms with E-state index in [0.717, 1.165) is 49.9 Å². The third-order valence-electron chi connectivity index (χ3n) is 9.83. The van der Waals surface area contributed by atoms with Crippen molar-refractivity contribution in [3.8, 4) is 0 Å². The number of rotatable bonds is 2. The van der Waals surface area contributed by atoms with Gasteiger partial charge in [0.2, 0.25) is 0 Å². The van der Waals surface area contributed by atoms with E-state index in [0.29, 0.717) is 48.6 Å². The number of hydrogen-bond acceptors (Lipinski definition) is 4. The molecule has 1 saturated heterocycles. The normalized spacial score (nSPS) is 47.6. The van der Waals surface area contributed by atoms with Gasteiger partial charge in [0.15, 0.2) is 0 Å². The lowest BCUT2D eigenvalue weighted by Gasteiger charge is -2.58. The fourth-order valence-electron chi connectivity index (χ4n) is 8.05. The molecule has 6 unspecified atom stereocenters. The monoisotopic (exact) mass is 418 g/mol. The standard InChI is InChI=1S/C24H34O4S/c1-4-29(27)19-14-15-13-16(25)5-9-22(15,2)17-6-10-23(3)18(21(17)19)7-11-24(23)12-8-20(26)28-24/h15,17-18H,4-14H2,1-3H3/t15?,17?,18?,22?,23?,24-,29?/m1/s1. The second kappa shape index (κ2) is 6.51. The molecule has 7 atom stereocenters. The van der Waals surface area contributed by atoms with Crippen LogP contribution in [0.2, 0.25) is 0 Å². The summed E-state index contributed by atoms with van der Waals surface area (Å²) in [5.74, 6) is 2.13. The number of Topliss-reactive ketones (excluding diaryl/α,β-unsaturated/α-hetero) is 1. The molecule has 160 valence electrons. The minimum atomic E-state index is -0.964. The zero-order chi connectivity index (χ0) is 20.6. The van der Waals surface area contributed by atoms with Crippen LogP contribution in [0.25, 0.3) is 0 Å². The Bertz CT molecular complexity index is 831. The molecule has 0 amide bonds. The van der Waals surface area contributed by atoms with Gasteiger partial charge in [-0.05, 0) is 68.1 Å². The summed E-state index contributed by atoms with van der Waals surface area (Å²) in [5, 5.41) is 0. The molecule has 5 heteroatoms. The third-order valence-corrected chi connectivity index (χ3v) is 11.3. The molecule has 1 heterocycles. The Kier molecular flexibility index (Phi) is 4.48. The predicted molar refractivity (Wildman–Crippen MR) is 112 cm³/mol. The molecule has 4 fully saturated rings. The summed E-state index contributed by atoms with van der Waals surface area (Å²) in [4.78, 5) is 25.5. The van der Waals surface area contributed by atoms with Crippen molar-refractivity contribution >= 4 is 22.6 Å². The smallest absolute Gasteiger partial charge is 0.306 e. The minimum absolute atomic E-state index is 0.0398. The fraction of sp³-hybridized carbons (Fsp3) is 0.833. The first kappa shape index (κ1) is 20.0. The summed E-state index contributed by atoms with van der Waals surface area (Å²) in [5.41, 5.74) is 1.26. The van der Waals surface area contributed by atoms with E-state index in [2.05, 4.69) is 13.8 Å². The van der Waals surface area contributed by atoms with Crippen LogP contribution in [0.1, 0.15) is 85.0 Å². The molecule has 5 aliphatic rings. The molecule has 1 spiro atoms. The lowest BCUT2D eigenvalue weighted by molar-refractivity contribution is -0.161. The van der Waals surface area contributed by atoms with Crippen molar-refractivity contribution in [1.82, 2.24) is 0 Å². The van der Waals surface area contributed by atoms with Gasteiger partial charge in [0.05, 0.1) is 0 Å². The number of esters is 1. The van der Waals surface area contributed by atoms with Crippen molar-refractivity contribution in [2.45, 2.75) is 90.6 Å². The molecule has 0 radical (unpaired) electrons. The van der Waals surface area contributed by atoms with Gasteiger partial charge in [-0.3, -0.25) is 13.8 Å². The molecule has 4 nitrogen and oxygen atoms in total. The van der Waals surface area contributed by atoms with E-state index in [1.54, 1.807) is 0 Å². The van der Waals surface area contributed by atoms with E-state index in [-0.39, 0.29) is 22.4 Å². The van der Waals surface area contributed by atoms with Gasteiger partial charge in [0.1, 0.15) is 11.4 Å². The number of ketones is 1. The second-order valence-electron chi connectivity index (χ2n) is 10.7. The predicted octanol–water partition coefficient (Wildman–Crippen LogP) is 4.69. The molecule has 3 saturated carbocycles. The number of ether oxygens (including phenoxy) is 1. The van der Waals surface area contributed by atoms with Crippen molar-refractivity contribution in [3.63, 3.8) is 0 Å². The lowest BCUT2D eigenvalue weighted by Crippen LogP contribution is -2.54. The van der Waals surface area contributed by atoms with E-state index in [1.165, 1.54) is 5.57 Å². The Morgan fingerprint density at radius 1 is 1.00 bits per heavy atom. The van der Waals surface area contributed by atoms with Crippen LogP contribution in [0.3, 0.4) is 0 Å². The van der Waals surface area contributed by atoms with E-state index in [4.69, 9.17) is 4.74 Å². The van der Waals surface area contributed by atoms with Crippen LogP contribution in [0.4, 0.5) is 0 Å². The first-order valence-corrected chi connectivity index (χ1v) is 12.9. The van der Waals surface area contributed by atoms with Gasteiger partial charge in [-0.1, -0.05) is 26.3 Å². The van der Waals surface area contributed by atoms with E-state index >= 15 is 0 Å². The van der Waals surface area contributed by atoms with Crippen LogP contribution in [0, 0.1) is 28.6 Å². The summed E-state index contributed by atoms with van der Waals surface area (Å²) < 4.78 is 19.3. The Hall–Kier alpha value is -0.970. The van der Waals surface area contributed by atoms with Crippen LogP contribution in [0.5, 0.6) is 0 Å². The SMILES string of the molecule is CCS(=O)C1=C2C(CCC3(C)C2CC[C@@]32CCC(=O)O2)C2(C)CCC(=O)CC2C1. The Balaban J connectivity index is 1.62. The minimum Gasteiger partial charge on any atom is -0.458 e. The Morgan fingerprint density at radius 3 is 2.45 bits per heavy atom. The van der Waals surface area contributed by atoms with Gasteiger partial charge in [-0.25, -0.2) is 0 Å². The van der Waals surface area contributed by atoms with Crippen molar-refractivity contribution in [1.29, 1.82) is 0 Å². The average Bonchev–Trinajstić information content (AvgIpc) is 3.22. The number of carbonyl (C=O) groups excluding carboxylic acids is 2. The average molecular weight is 419 g/mol. The fourth-order valence-corrected chi connectivity index (χ4v) is 9.33. The number of hydrogen-bond donors (Lipinski definition) is 0. The zero-order valence-corrected chi connectivity index (χ0v) is 18.9. The quantitative estimate of drug-likeness (QED) is 0.611. The van der Waals surface area contributed by atoms with Gasteiger partial charge < -0.3 is 4.74 Å².